The van der Waals surface area contributed by atoms with Gasteiger partial charge in [-0.1, -0.05) is 30.3 Å². The van der Waals surface area contributed by atoms with Crippen molar-refractivity contribution in [3.05, 3.63) is 77.5 Å². The molecule has 1 heterocycles. The number of hydrogen-bond donors (Lipinski definition) is 2. The van der Waals surface area contributed by atoms with E-state index in [0.717, 1.165) is 12.3 Å². The molecule has 37 heavy (non-hydrogen) atoms. The van der Waals surface area contributed by atoms with Gasteiger partial charge in [0.25, 0.3) is 5.91 Å². The van der Waals surface area contributed by atoms with Crippen molar-refractivity contribution in [1.82, 2.24) is 10.0 Å². The normalized spacial score (nSPS) is 18.6. The Bertz CT molecular complexity index is 1340. The van der Waals surface area contributed by atoms with Gasteiger partial charge in [-0.3, -0.25) is 9.59 Å². The molecule has 4 rings (SSSR count). The maximum atomic E-state index is 13.8. The minimum absolute atomic E-state index is 0.0883. The fraction of sp³-hybridized carbons (Fsp3) is 0.250. The van der Waals surface area contributed by atoms with Crippen molar-refractivity contribution < 1.29 is 46.7 Å². The van der Waals surface area contributed by atoms with Crippen LogP contribution in [0.1, 0.15) is 39.9 Å². The lowest BCUT2D eigenvalue weighted by atomic mass is 10.0. The predicted molar refractivity (Wildman–Crippen MR) is 118 cm³/mol. The van der Waals surface area contributed by atoms with Crippen LogP contribution in [0, 0.1) is 5.41 Å². The summed E-state index contributed by atoms with van der Waals surface area (Å²) in [6.07, 6.45) is -4.15. The molecule has 0 radical (unpaired) electrons. The standard InChI is InChI=1S/C24H20F3N3O7/c1-35-14-7-8-17(15(9-14)24(25,26)27)37-30(12-13-5-3-2-4-6-13)22(34)23(21(28)33)10-16(23)19-29-11-18(36-19)20(31)32/h2-9,11,16H,10,12H2,1H3,(H2,28,33)(H,31,32). The summed E-state index contributed by atoms with van der Waals surface area (Å²) < 4.78 is 51.4. The maximum Gasteiger partial charge on any atom is 0.420 e. The average molecular weight is 519 g/mol. The molecule has 0 spiro atoms. The number of benzene rings is 2. The number of carbonyl (C=O) groups excluding carboxylic acids is 2. The minimum Gasteiger partial charge on any atom is -0.497 e. The van der Waals surface area contributed by atoms with Gasteiger partial charge in [0, 0.05) is 0 Å². The first-order valence-electron chi connectivity index (χ1n) is 10.8. The third-order valence-electron chi connectivity index (χ3n) is 5.91. The number of nitrogens with two attached hydrogens (primary N) is 1. The number of ether oxygens (including phenoxy) is 1. The van der Waals surface area contributed by atoms with Crippen molar-refractivity contribution in [3.63, 3.8) is 0 Å². The molecule has 2 amide bonds. The van der Waals surface area contributed by atoms with Gasteiger partial charge in [0.2, 0.25) is 11.7 Å². The van der Waals surface area contributed by atoms with Crippen LogP contribution < -0.4 is 15.3 Å². The van der Waals surface area contributed by atoms with E-state index in [1.165, 1.54) is 13.2 Å². The van der Waals surface area contributed by atoms with Crippen LogP contribution in [0.5, 0.6) is 11.5 Å². The van der Waals surface area contributed by atoms with Crippen LogP contribution in [-0.4, -0.2) is 40.0 Å². The van der Waals surface area contributed by atoms with Crippen molar-refractivity contribution >= 4 is 17.8 Å². The summed E-state index contributed by atoms with van der Waals surface area (Å²) in [5, 5.41) is 9.70. The highest BCUT2D eigenvalue weighted by Crippen LogP contribution is 2.60. The van der Waals surface area contributed by atoms with E-state index in [-0.39, 0.29) is 24.6 Å². The fourth-order valence-electron chi connectivity index (χ4n) is 3.90. The summed E-state index contributed by atoms with van der Waals surface area (Å²) in [4.78, 5) is 46.7. The second kappa shape index (κ2) is 9.48. The molecule has 2 atom stereocenters. The SMILES string of the molecule is COc1ccc(ON(Cc2ccccc2)C(=O)C2(C(N)=O)CC2c2ncc(C(=O)O)o2)c(C(F)(F)F)c1. The van der Waals surface area contributed by atoms with Gasteiger partial charge < -0.3 is 24.8 Å². The molecule has 0 aliphatic heterocycles. The van der Waals surface area contributed by atoms with Crippen molar-refractivity contribution in [2.45, 2.75) is 25.1 Å². The molecule has 2 unspecified atom stereocenters. The second-order valence-electron chi connectivity index (χ2n) is 8.24. The summed E-state index contributed by atoms with van der Waals surface area (Å²) in [5.74, 6) is -6.11. The maximum absolute atomic E-state index is 13.8. The number of primary amides is 1. The van der Waals surface area contributed by atoms with Gasteiger partial charge in [-0.05, 0) is 30.2 Å². The molecule has 13 heteroatoms. The number of oxazole rings is 1. The van der Waals surface area contributed by atoms with E-state index in [0.29, 0.717) is 16.7 Å². The summed E-state index contributed by atoms with van der Waals surface area (Å²) in [7, 11) is 1.20. The molecule has 1 aliphatic rings. The first kappa shape index (κ1) is 25.5. The number of aromatic nitrogens is 1. The summed E-state index contributed by atoms with van der Waals surface area (Å²) >= 11 is 0. The van der Waals surface area contributed by atoms with Crippen LogP contribution in [0.2, 0.25) is 0 Å². The van der Waals surface area contributed by atoms with Crippen LogP contribution in [0.25, 0.3) is 0 Å². The van der Waals surface area contributed by atoms with E-state index < -0.39 is 52.4 Å². The topological polar surface area (TPSA) is 145 Å². The largest absolute Gasteiger partial charge is 0.497 e. The second-order valence-corrected chi connectivity index (χ2v) is 8.24. The molecule has 3 N–H and O–H groups in total. The Morgan fingerprint density at radius 1 is 1.22 bits per heavy atom. The van der Waals surface area contributed by atoms with Crippen molar-refractivity contribution in [2.75, 3.05) is 7.11 Å². The van der Waals surface area contributed by atoms with Gasteiger partial charge in [-0.2, -0.15) is 18.2 Å². The van der Waals surface area contributed by atoms with Gasteiger partial charge in [-0.15, -0.1) is 0 Å². The van der Waals surface area contributed by atoms with E-state index in [1.54, 1.807) is 30.3 Å². The number of halogens is 3. The van der Waals surface area contributed by atoms with Gasteiger partial charge in [0.1, 0.15) is 16.7 Å². The number of methoxy groups -OCH3 is 1. The smallest absolute Gasteiger partial charge is 0.420 e. The average Bonchev–Trinajstić information content (AvgIpc) is 3.43. The summed E-state index contributed by atoms with van der Waals surface area (Å²) in [6.45, 7) is -0.337. The summed E-state index contributed by atoms with van der Waals surface area (Å²) in [5.41, 5.74) is 2.87. The monoisotopic (exact) mass is 519 g/mol. The highest BCUT2D eigenvalue weighted by atomic mass is 19.4. The van der Waals surface area contributed by atoms with Gasteiger partial charge in [0.05, 0.1) is 25.8 Å². The Kier molecular flexibility index (Phi) is 6.55. The van der Waals surface area contributed by atoms with E-state index in [4.69, 9.17) is 24.8 Å². The molecule has 10 nitrogen and oxygen atoms in total. The first-order chi connectivity index (χ1) is 17.5. The Balaban J connectivity index is 1.72. The van der Waals surface area contributed by atoms with Crippen molar-refractivity contribution in [2.24, 2.45) is 11.1 Å². The summed E-state index contributed by atoms with van der Waals surface area (Å²) in [6, 6.07) is 11.1. The zero-order chi connectivity index (χ0) is 27.0. The zero-order valence-corrected chi connectivity index (χ0v) is 19.2. The molecule has 1 saturated carbocycles. The molecule has 0 bridgehead atoms. The molecule has 1 aliphatic carbocycles. The number of carboxylic acid groups (broad SMARTS) is 1. The van der Waals surface area contributed by atoms with E-state index in [1.807, 2.05) is 0 Å². The number of carboxylic acids is 1. The highest BCUT2D eigenvalue weighted by Gasteiger charge is 2.69. The highest BCUT2D eigenvalue weighted by molar-refractivity contribution is 6.08. The lowest BCUT2D eigenvalue weighted by Crippen LogP contribution is -2.45. The third-order valence-corrected chi connectivity index (χ3v) is 5.91. The van der Waals surface area contributed by atoms with E-state index in [2.05, 4.69) is 4.98 Å². The molecule has 1 fully saturated rings. The lowest BCUT2D eigenvalue weighted by Gasteiger charge is -2.27. The number of aromatic carboxylic acids is 1. The fourth-order valence-corrected chi connectivity index (χ4v) is 3.90. The van der Waals surface area contributed by atoms with Gasteiger partial charge in [0.15, 0.2) is 11.6 Å². The van der Waals surface area contributed by atoms with Crippen LogP contribution in [0.15, 0.2) is 59.1 Å². The van der Waals surface area contributed by atoms with Crippen LogP contribution in [-0.2, 0) is 22.3 Å². The number of amides is 2. The Hall–Kier alpha value is -4.55. The quantitative estimate of drug-likeness (QED) is 0.323. The molecular formula is C24H20F3N3O7. The van der Waals surface area contributed by atoms with Crippen LogP contribution in [0.3, 0.4) is 0 Å². The molecular weight excluding hydrogens is 499 g/mol. The molecule has 0 saturated heterocycles. The first-order valence-corrected chi connectivity index (χ1v) is 10.8. The van der Waals surface area contributed by atoms with E-state index >= 15 is 0 Å². The molecule has 1 aromatic heterocycles. The Labute approximate surface area is 207 Å². The van der Waals surface area contributed by atoms with Crippen molar-refractivity contribution in [3.8, 4) is 11.5 Å². The molecule has 3 aromatic rings. The van der Waals surface area contributed by atoms with E-state index in [9.17, 15) is 27.6 Å². The van der Waals surface area contributed by atoms with Crippen molar-refractivity contribution in [1.29, 1.82) is 0 Å². The number of hydrogen-bond acceptors (Lipinski definition) is 7. The van der Waals surface area contributed by atoms with Gasteiger partial charge >= 0.3 is 12.1 Å². The Morgan fingerprint density at radius 2 is 1.92 bits per heavy atom. The number of nitrogens with zero attached hydrogens (tertiary/aromatic N) is 2. The van der Waals surface area contributed by atoms with Crippen LogP contribution >= 0.6 is 0 Å². The minimum atomic E-state index is -4.86. The number of alkyl halides is 3. The number of carbonyl (C=O) groups is 3. The Morgan fingerprint density at radius 3 is 2.49 bits per heavy atom. The number of hydroxylamine groups is 2. The lowest BCUT2D eigenvalue weighted by molar-refractivity contribution is -0.172. The molecule has 2 aromatic carbocycles. The number of rotatable bonds is 9. The van der Waals surface area contributed by atoms with Gasteiger partial charge in [-0.25, -0.2) is 9.78 Å². The van der Waals surface area contributed by atoms with Crippen LogP contribution in [0.4, 0.5) is 13.2 Å². The third kappa shape index (κ3) is 4.92. The zero-order valence-electron chi connectivity index (χ0n) is 19.2. The predicted octanol–water partition coefficient (Wildman–Crippen LogP) is 3.38. The molecule has 194 valence electrons.